The fourth-order valence-electron chi connectivity index (χ4n) is 2.52. The summed E-state index contributed by atoms with van der Waals surface area (Å²) in [5.74, 6) is -0.398. The van der Waals surface area contributed by atoms with E-state index in [9.17, 15) is 13.2 Å². The number of sulfonamides is 1. The first-order chi connectivity index (χ1) is 12.2. The average Bonchev–Trinajstić information content (AvgIpc) is 2.55. The van der Waals surface area contributed by atoms with Crippen LogP contribution in [0.15, 0.2) is 47.4 Å². The molecule has 0 aromatic heterocycles. The molecule has 1 amide bonds. The van der Waals surface area contributed by atoms with Crippen LogP contribution in [0, 0.1) is 6.92 Å². The van der Waals surface area contributed by atoms with Crippen LogP contribution >= 0.6 is 11.6 Å². The van der Waals surface area contributed by atoms with Crippen molar-refractivity contribution in [2.75, 3.05) is 6.54 Å². The maximum absolute atomic E-state index is 12.4. The largest absolute Gasteiger partial charge is 0.352 e. The van der Waals surface area contributed by atoms with Crippen molar-refractivity contribution in [3.05, 3.63) is 64.2 Å². The summed E-state index contributed by atoms with van der Waals surface area (Å²) in [7, 11) is -3.69. The van der Waals surface area contributed by atoms with E-state index >= 15 is 0 Å². The molecule has 0 aliphatic rings. The van der Waals surface area contributed by atoms with Crippen molar-refractivity contribution in [2.24, 2.45) is 0 Å². The van der Waals surface area contributed by atoms with E-state index in [1.807, 2.05) is 31.2 Å². The third kappa shape index (κ3) is 5.30. The first-order valence-corrected chi connectivity index (χ1v) is 10.2. The van der Waals surface area contributed by atoms with Crippen molar-refractivity contribution < 1.29 is 13.2 Å². The molecular weight excluding hydrogens is 372 g/mol. The molecule has 140 valence electrons. The second-order valence-electron chi connectivity index (χ2n) is 6.35. The molecule has 5 nitrogen and oxygen atoms in total. The highest BCUT2D eigenvalue weighted by Crippen LogP contribution is 2.21. The number of amides is 1. The topological polar surface area (TPSA) is 75.3 Å². The Morgan fingerprint density at radius 1 is 1.15 bits per heavy atom. The number of benzene rings is 2. The summed E-state index contributed by atoms with van der Waals surface area (Å²) in [6.45, 7) is 5.91. The van der Waals surface area contributed by atoms with Gasteiger partial charge in [-0.3, -0.25) is 4.79 Å². The fraction of sp³-hybridized carbons (Fsp3) is 0.316. The highest BCUT2D eigenvalue weighted by Gasteiger charge is 2.19. The molecule has 2 N–H and O–H groups in total. The van der Waals surface area contributed by atoms with E-state index in [0.717, 1.165) is 11.1 Å². The van der Waals surface area contributed by atoms with Crippen LogP contribution in [0.1, 0.15) is 35.3 Å². The van der Waals surface area contributed by atoms with Crippen LogP contribution in [0.5, 0.6) is 0 Å². The van der Waals surface area contributed by atoms with Gasteiger partial charge in [-0.15, -0.1) is 0 Å². The van der Waals surface area contributed by atoms with Crippen molar-refractivity contribution in [3.63, 3.8) is 0 Å². The molecule has 0 aliphatic carbocycles. The van der Waals surface area contributed by atoms with Gasteiger partial charge in [-0.1, -0.05) is 35.9 Å². The van der Waals surface area contributed by atoms with Gasteiger partial charge in [0.15, 0.2) is 0 Å². The summed E-state index contributed by atoms with van der Waals surface area (Å²) < 4.78 is 27.0. The van der Waals surface area contributed by atoms with Crippen LogP contribution in [0.25, 0.3) is 0 Å². The molecule has 26 heavy (non-hydrogen) atoms. The molecule has 0 unspecified atom stereocenters. The summed E-state index contributed by atoms with van der Waals surface area (Å²) in [4.78, 5) is 12.4. The number of aryl methyl sites for hydroxylation is 1. The molecule has 0 saturated carbocycles. The van der Waals surface area contributed by atoms with Gasteiger partial charge in [-0.2, -0.15) is 0 Å². The lowest BCUT2D eigenvalue weighted by Crippen LogP contribution is -2.31. The molecule has 0 fully saturated rings. The molecular formula is C19H23ClN2O3S. The van der Waals surface area contributed by atoms with E-state index in [2.05, 4.69) is 10.0 Å². The molecule has 0 bridgehead atoms. The third-order valence-corrected chi connectivity index (χ3v) is 5.81. The minimum atomic E-state index is -3.69. The Balaban J connectivity index is 2.11. The van der Waals surface area contributed by atoms with Gasteiger partial charge in [0, 0.05) is 12.6 Å². The molecule has 0 atom stereocenters. The second kappa shape index (κ2) is 8.66. The smallest absolute Gasteiger partial charge is 0.252 e. The van der Waals surface area contributed by atoms with Crippen molar-refractivity contribution in [3.8, 4) is 0 Å². The van der Waals surface area contributed by atoms with Gasteiger partial charge in [-0.05, 0) is 56.5 Å². The van der Waals surface area contributed by atoms with E-state index in [1.165, 1.54) is 18.2 Å². The van der Waals surface area contributed by atoms with Gasteiger partial charge < -0.3 is 5.32 Å². The Kier molecular flexibility index (Phi) is 6.81. The maximum Gasteiger partial charge on any atom is 0.252 e. The summed E-state index contributed by atoms with van der Waals surface area (Å²) >= 11 is 6.09. The average molecular weight is 395 g/mol. The molecule has 0 radical (unpaired) electrons. The van der Waals surface area contributed by atoms with E-state index in [4.69, 9.17) is 11.6 Å². The van der Waals surface area contributed by atoms with Crippen LogP contribution < -0.4 is 10.0 Å². The highest BCUT2D eigenvalue weighted by molar-refractivity contribution is 7.89. The minimum Gasteiger partial charge on any atom is -0.352 e. The van der Waals surface area contributed by atoms with Gasteiger partial charge in [0.1, 0.15) is 0 Å². The lowest BCUT2D eigenvalue weighted by molar-refractivity contribution is 0.0954. The lowest BCUT2D eigenvalue weighted by Gasteiger charge is -2.12. The molecule has 0 aliphatic heterocycles. The van der Waals surface area contributed by atoms with E-state index in [-0.39, 0.29) is 21.5 Å². The zero-order valence-electron chi connectivity index (χ0n) is 15.0. The number of rotatable bonds is 7. The van der Waals surface area contributed by atoms with Crippen LogP contribution in [0.3, 0.4) is 0 Å². The molecule has 2 rings (SSSR count). The highest BCUT2D eigenvalue weighted by atomic mass is 35.5. The Hall–Kier alpha value is -1.89. The van der Waals surface area contributed by atoms with Gasteiger partial charge in [0.25, 0.3) is 5.91 Å². The molecule has 0 heterocycles. The van der Waals surface area contributed by atoms with Gasteiger partial charge in [0.2, 0.25) is 10.0 Å². The maximum atomic E-state index is 12.4. The summed E-state index contributed by atoms with van der Waals surface area (Å²) in [6, 6.07) is 11.8. The molecule has 0 spiro atoms. The van der Waals surface area contributed by atoms with Crippen molar-refractivity contribution in [1.82, 2.24) is 10.0 Å². The van der Waals surface area contributed by atoms with Gasteiger partial charge in [0.05, 0.1) is 15.5 Å². The summed E-state index contributed by atoms with van der Waals surface area (Å²) in [5, 5.41) is 3.01. The number of hydrogen-bond donors (Lipinski definition) is 2. The van der Waals surface area contributed by atoms with Gasteiger partial charge >= 0.3 is 0 Å². The lowest BCUT2D eigenvalue weighted by atomic mass is 10.1. The predicted molar refractivity (Wildman–Crippen MR) is 104 cm³/mol. The van der Waals surface area contributed by atoms with Crippen molar-refractivity contribution in [2.45, 2.75) is 38.1 Å². The monoisotopic (exact) mass is 394 g/mol. The molecule has 0 saturated heterocycles. The summed E-state index contributed by atoms with van der Waals surface area (Å²) in [5.41, 5.74) is 2.45. The Bertz CT molecular complexity index is 895. The molecule has 2 aromatic rings. The Morgan fingerprint density at radius 3 is 2.50 bits per heavy atom. The standard InChI is InChI=1S/C19H23ClN2O3S/c1-13(2)22-26(24,25)16-8-9-18(20)17(12-16)19(23)21-11-10-15-7-5-4-6-14(15)3/h4-9,12-13,22H,10-11H2,1-3H3,(H,21,23). The SMILES string of the molecule is Cc1ccccc1CCNC(=O)c1cc(S(=O)(=O)NC(C)C)ccc1Cl. The number of hydrogen-bond acceptors (Lipinski definition) is 3. The predicted octanol–water partition coefficient (Wildman–Crippen LogP) is 3.31. The Labute approximate surface area is 159 Å². The summed E-state index contributed by atoms with van der Waals surface area (Å²) in [6.07, 6.45) is 0.683. The van der Waals surface area contributed by atoms with Crippen LogP contribution in [-0.2, 0) is 16.4 Å². The van der Waals surface area contributed by atoms with Crippen molar-refractivity contribution in [1.29, 1.82) is 0 Å². The second-order valence-corrected chi connectivity index (χ2v) is 8.47. The Morgan fingerprint density at radius 2 is 1.85 bits per heavy atom. The van der Waals surface area contributed by atoms with Crippen LogP contribution in [0.4, 0.5) is 0 Å². The number of nitrogens with one attached hydrogen (secondary N) is 2. The molecule has 2 aromatic carbocycles. The number of halogens is 1. The zero-order chi connectivity index (χ0) is 19.3. The third-order valence-electron chi connectivity index (χ3n) is 3.82. The fourth-order valence-corrected chi connectivity index (χ4v) is 4.00. The van der Waals surface area contributed by atoms with E-state index < -0.39 is 15.9 Å². The quantitative estimate of drug-likeness (QED) is 0.756. The first-order valence-electron chi connectivity index (χ1n) is 8.35. The van der Waals surface area contributed by atoms with Crippen LogP contribution in [0.2, 0.25) is 5.02 Å². The van der Waals surface area contributed by atoms with E-state index in [1.54, 1.807) is 13.8 Å². The minimum absolute atomic E-state index is 0.0136. The number of carbonyl (C=O) groups is 1. The van der Waals surface area contributed by atoms with Gasteiger partial charge in [-0.25, -0.2) is 13.1 Å². The normalized spacial score (nSPS) is 11.6. The zero-order valence-corrected chi connectivity index (χ0v) is 16.6. The van der Waals surface area contributed by atoms with Crippen LogP contribution in [-0.4, -0.2) is 26.9 Å². The molecule has 7 heteroatoms. The van der Waals surface area contributed by atoms with E-state index in [0.29, 0.717) is 13.0 Å². The van der Waals surface area contributed by atoms with Crippen molar-refractivity contribution >= 4 is 27.5 Å². The number of carbonyl (C=O) groups excluding carboxylic acids is 1. The first kappa shape index (κ1) is 20.4.